The number of carbonyl (C=O) groups is 1. The van der Waals surface area contributed by atoms with E-state index in [0.29, 0.717) is 6.42 Å². The van der Waals surface area contributed by atoms with Gasteiger partial charge >= 0.3 is 5.97 Å². The van der Waals surface area contributed by atoms with Crippen molar-refractivity contribution in [1.82, 2.24) is 9.97 Å². The molecule has 72 valence electrons. The molecule has 1 heterocycles. The lowest BCUT2D eigenvalue weighted by molar-refractivity contribution is -0.137. The third-order valence-corrected chi connectivity index (χ3v) is 1.89. The predicted octanol–water partition coefficient (Wildman–Crippen LogP) is 0.583. The molecule has 1 aromatic rings. The van der Waals surface area contributed by atoms with E-state index in [-0.39, 0.29) is 12.5 Å². The largest absolute Gasteiger partial charge is 0.481 e. The summed E-state index contributed by atoms with van der Waals surface area (Å²) in [5, 5.41) is 8.45. The highest BCUT2D eigenvalue weighted by Crippen LogP contribution is 2.15. The van der Waals surface area contributed by atoms with E-state index in [0.717, 1.165) is 11.4 Å². The van der Waals surface area contributed by atoms with Gasteiger partial charge in [0, 0.05) is 18.2 Å². The molecule has 5 heteroatoms. The zero-order valence-corrected chi connectivity index (χ0v) is 7.45. The minimum absolute atomic E-state index is 0.0769. The molecule has 0 fully saturated rings. The van der Waals surface area contributed by atoms with Crippen LogP contribution in [-0.4, -0.2) is 21.0 Å². The van der Waals surface area contributed by atoms with E-state index in [1.807, 2.05) is 6.92 Å². The number of rotatable bonds is 4. The first-order valence-corrected chi connectivity index (χ1v) is 4.08. The topological polar surface area (TPSA) is 92.0 Å². The van der Waals surface area contributed by atoms with E-state index >= 15 is 0 Å². The van der Waals surface area contributed by atoms with Crippen molar-refractivity contribution in [3.05, 3.63) is 17.7 Å². The number of imidazole rings is 1. The molecule has 0 saturated carbocycles. The third kappa shape index (κ3) is 2.55. The summed E-state index contributed by atoms with van der Waals surface area (Å²) in [6, 6.07) is -0.289. The number of hydrogen-bond acceptors (Lipinski definition) is 3. The van der Waals surface area contributed by atoms with Gasteiger partial charge in [0.2, 0.25) is 0 Å². The number of nitrogens with zero attached hydrogens (tertiary/aromatic N) is 1. The molecule has 1 atom stereocenters. The van der Waals surface area contributed by atoms with Crippen molar-refractivity contribution in [1.29, 1.82) is 0 Å². The van der Waals surface area contributed by atoms with E-state index in [1.54, 1.807) is 6.33 Å². The van der Waals surface area contributed by atoms with Gasteiger partial charge in [-0.15, -0.1) is 0 Å². The maximum atomic E-state index is 10.3. The fraction of sp³-hybridized carbons (Fsp3) is 0.500. The average molecular weight is 183 g/mol. The van der Waals surface area contributed by atoms with Crippen LogP contribution in [0.2, 0.25) is 0 Å². The summed E-state index contributed by atoms with van der Waals surface area (Å²) in [4.78, 5) is 17.2. The molecule has 0 radical (unpaired) electrons. The fourth-order valence-electron chi connectivity index (χ4n) is 1.16. The first-order valence-electron chi connectivity index (χ1n) is 4.08. The molecule has 4 N–H and O–H groups in total. The van der Waals surface area contributed by atoms with Crippen LogP contribution in [0.5, 0.6) is 0 Å². The summed E-state index contributed by atoms with van der Waals surface area (Å²) < 4.78 is 0. The van der Waals surface area contributed by atoms with Gasteiger partial charge in [0.15, 0.2) is 0 Å². The van der Waals surface area contributed by atoms with Crippen LogP contribution in [0.15, 0.2) is 6.33 Å². The SMILES string of the molecule is Cc1[nH]cnc1C(N)CCC(=O)O. The smallest absolute Gasteiger partial charge is 0.303 e. The van der Waals surface area contributed by atoms with Crippen LogP contribution in [0.4, 0.5) is 0 Å². The summed E-state index contributed by atoms with van der Waals surface area (Å²) in [6.45, 7) is 1.86. The summed E-state index contributed by atoms with van der Waals surface area (Å²) in [5.74, 6) is -0.830. The Morgan fingerprint density at radius 2 is 2.54 bits per heavy atom. The highest BCUT2D eigenvalue weighted by atomic mass is 16.4. The van der Waals surface area contributed by atoms with Crippen molar-refractivity contribution in [2.45, 2.75) is 25.8 Å². The monoisotopic (exact) mass is 183 g/mol. The summed E-state index contributed by atoms with van der Waals surface area (Å²) in [5.41, 5.74) is 7.39. The Hall–Kier alpha value is -1.36. The van der Waals surface area contributed by atoms with Gasteiger partial charge in [0.25, 0.3) is 0 Å². The molecule has 1 rings (SSSR count). The molecule has 0 aromatic carbocycles. The molecular formula is C8H13N3O2. The molecule has 0 bridgehead atoms. The lowest BCUT2D eigenvalue weighted by atomic mass is 10.1. The van der Waals surface area contributed by atoms with E-state index < -0.39 is 5.97 Å². The maximum Gasteiger partial charge on any atom is 0.303 e. The maximum absolute atomic E-state index is 10.3. The van der Waals surface area contributed by atoms with Gasteiger partial charge in [-0.05, 0) is 13.3 Å². The van der Waals surface area contributed by atoms with Gasteiger partial charge in [-0.25, -0.2) is 4.98 Å². The Bertz CT molecular complexity index is 295. The van der Waals surface area contributed by atoms with Crippen molar-refractivity contribution >= 4 is 5.97 Å². The second kappa shape index (κ2) is 4.04. The van der Waals surface area contributed by atoms with Crippen molar-refractivity contribution in [2.75, 3.05) is 0 Å². The number of aryl methyl sites for hydroxylation is 1. The lowest BCUT2D eigenvalue weighted by Gasteiger charge is -2.07. The number of nitrogens with one attached hydrogen (secondary N) is 1. The Morgan fingerprint density at radius 1 is 1.85 bits per heavy atom. The van der Waals surface area contributed by atoms with Gasteiger partial charge in [-0.2, -0.15) is 0 Å². The predicted molar refractivity (Wildman–Crippen MR) is 47.1 cm³/mol. The Balaban J connectivity index is 2.53. The van der Waals surface area contributed by atoms with E-state index in [9.17, 15) is 4.79 Å². The van der Waals surface area contributed by atoms with Crippen LogP contribution in [0.3, 0.4) is 0 Å². The number of aromatic nitrogens is 2. The van der Waals surface area contributed by atoms with Crippen LogP contribution >= 0.6 is 0 Å². The van der Waals surface area contributed by atoms with Crippen molar-refractivity contribution in [2.24, 2.45) is 5.73 Å². The molecular weight excluding hydrogens is 170 g/mol. The highest BCUT2D eigenvalue weighted by Gasteiger charge is 2.12. The van der Waals surface area contributed by atoms with Crippen molar-refractivity contribution < 1.29 is 9.90 Å². The van der Waals surface area contributed by atoms with Gasteiger partial charge in [-0.1, -0.05) is 0 Å². The molecule has 0 amide bonds. The van der Waals surface area contributed by atoms with Gasteiger partial charge < -0.3 is 15.8 Å². The summed E-state index contributed by atoms with van der Waals surface area (Å²) >= 11 is 0. The second-order valence-corrected chi connectivity index (χ2v) is 2.95. The lowest BCUT2D eigenvalue weighted by Crippen LogP contribution is -2.13. The van der Waals surface area contributed by atoms with Crippen molar-refractivity contribution in [3.63, 3.8) is 0 Å². The van der Waals surface area contributed by atoms with Crippen LogP contribution in [0.1, 0.15) is 30.3 Å². The standard InChI is InChI=1S/C8H13N3O2/c1-5-8(11-4-10-5)6(9)2-3-7(12)13/h4,6H,2-3,9H2,1H3,(H,10,11)(H,12,13). The number of carboxylic acid groups (broad SMARTS) is 1. The van der Waals surface area contributed by atoms with Crippen LogP contribution in [-0.2, 0) is 4.79 Å². The zero-order chi connectivity index (χ0) is 9.84. The quantitative estimate of drug-likeness (QED) is 0.636. The van der Waals surface area contributed by atoms with Gasteiger partial charge in [-0.3, -0.25) is 4.79 Å². The first kappa shape index (κ1) is 9.73. The summed E-state index contributed by atoms with van der Waals surface area (Å²) in [6.07, 6.45) is 2.06. The van der Waals surface area contributed by atoms with Crippen molar-refractivity contribution in [3.8, 4) is 0 Å². The molecule has 1 unspecified atom stereocenters. The number of carboxylic acids is 1. The van der Waals surface area contributed by atoms with Crippen LogP contribution < -0.4 is 5.73 Å². The number of H-pyrrole nitrogens is 1. The van der Waals surface area contributed by atoms with Crippen LogP contribution in [0.25, 0.3) is 0 Å². The molecule has 0 saturated heterocycles. The molecule has 5 nitrogen and oxygen atoms in total. The van der Waals surface area contributed by atoms with E-state index in [4.69, 9.17) is 10.8 Å². The number of aliphatic carboxylic acids is 1. The molecule has 0 aliphatic heterocycles. The fourth-order valence-corrected chi connectivity index (χ4v) is 1.16. The Morgan fingerprint density at radius 3 is 3.00 bits per heavy atom. The second-order valence-electron chi connectivity index (χ2n) is 2.95. The zero-order valence-electron chi connectivity index (χ0n) is 7.45. The summed E-state index contributed by atoms with van der Waals surface area (Å²) in [7, 11) is 0. The third-order valence-electron chi connectivity index (χ3n) is 1.89. The minimum Gasteiger partial charge on any atom is -0.481 e. The number of aromatic amines is 1. The first-order chi connectivity index (χ1) is 6.11. The molecule has 0 spiro atoms. The number of nitrogens with two attached hydrogens (primary N) is 1. The van der Waals surface area contributed by atoms with E-state index in [1.165, 1.54) is 0 Å². The number of hydrogen-bond donors (Lipinski definition) is 3. The highest BCUT2D eigenvalue weighted by molar-refractivity contribution is 5.66. The van der Waals surface area contributed by atoms with Crippen LogP contribution in [0, 0.1) is 6.92 Å². The van der Waals surface area contributed by atoms with Gasteiger partial charge in [0.1, 0.15) is 0 Å². The molecule has 0 aliphatic rings. The molecule has 13 heavy (non-hydrogen) atoms. The Labute approximate surface area is 76.0 Å². The molecule has 1 aromatic heterocycles. The average Bonchev–Trinajstić information content (AvgIpc) is 2.47. The molecule has 0 aliphatic carbocycles. The van der Waals surface area contributed by atoms with E-state index in [2.05, 4.69) is 9.97 Å². The minimum atomic E-state index is -0.830. The Kier molecular flexibility index (Phi) is 3.02. The normalized spacial score (nSPS) is 12.8. The van der Waals surface area contributed by atoms with Gasteiger partial charge in [0.05, 0.1) is 12.0 Å².